The minimum atomic E-state index is -0.608. The third-order valence-electron chi connectivity index (χ3n) is 2.58. The van der Waals surface area contributed by atoms with Gasteiger partial charge in [-0.25, -0.2) is 0 Å². The smallest absolute Gasteiger partial charge is 0.288 e. The number of hydrogen-bond acceptors (Lipinski definition) is 4. The van der Waals surface area contributed by atoms with Gasteiger partial charge in [0.2, 0.25) is 11.2 Å². The van der Waals surface area contributed by atoms with Crippen molar-refractivity contribution in [1.82, 2.24) is 0 Å². The molecule has 0 aliphatic heterocycles. The zero-order valence-electron chi connectivity index (χ0n) is 9.69. The summed E-state index contributed by atoms with van der Waals surface area (Å²) < 4.78 is 0. The number of ketones is 1. The molecule has 0 saturated carbocycles. The number of carbonyl (C=O) groups is 1. The number of nitro groups is 1. The molecule has 0 bridgehead atoms. The van der Waals surface area contributed by atoms with E-state index in [1.54, 1.807) is 30.3 Å². The molecule has 0 radical (unpaired) electrons. The van der Waals surface area contributed by atoms with E-state index in [-0.39, 0.29) is 16.9 Å². The molecule has 6 heteroatoms. The molecule has 0 saturated heterocycles. The van der Waals surface area contributed by atoms with Crippen molar-refractivity contribution in [3.63, 3.8) is 0 Å². The Kier molecular flexibility index (Phi) is 3.30. The monoisotopic (exact) mass is 254 g/mol. The number of carbonyl (C=O) groups excluding carboxylic acids is 1. The first-order valence-corrected chi connectivity index (χ1v) is 5.37. The molecule has 0 unspecified atom stereocenters. The lowest BCUT2D eigenvalue weighted by Crippen LogP contribution is -2.02. The third-order valence-corrected chi connectivity index (χ3v) is 2.58. The minimum absolute atomic E-state index is 0.000506. The summed E-state index contributed by atoms with van der Waals surface area (Å²) in [6.07, 6.45) is 0. The minimum Gasteiger partial charge on any atom is -0.288 e. The van der Waals surface area contributed by atoms with Crippen LogP contribution < -0.4 is 0 Å². The number of non-ortho nitro benzene ring substituents is 1. The Hall–Kier alpha value is -3.07. The molecule has 2 aromatic carbocycles. The van der Waals surface area contributed by atoms with E-state index in [2.05, 4.69) is 4.98 Å². The van der Waals surface area contributed by atoms with Crippen LogP contribution in [0.2, 0.25) is 0 Å². The summed E-state index contributed by atoms with van der Waals surface area (Å²) in [5.74, 6) is -0.433. The highest BCUT2D eigenvalue weighted by Gasteiger charge is 2.24. The fraction of sp³-hybridized carbons (Fsp3) is 0. The summed E-state index contributed by atoms with van der Waals surface area (Å²) >= 11 is 0. The Morgan fingerprint density at radius 1 is 1.16 bits per heavy atom. The lowest BCUT2D eigenvalue weighted by molar-refractivity contribution is -0.384. The van der Waals surface area contributed by atoms with Crippen molar-refractivity contribution in [3.05, 3.63) is 74.7 Å². The van der Waals surface area contributed by atoms with E-state index in [4.69, 9.17) is 5.39 Å². The molecule has 2 aromatic rings. The molecule has 0 amide bonds. The van der Waals surface area contributed by atoms with Gasteiger partial charge in [-0.05, 0) is 0 Å². The van der Waals surface area contributed by atoms with Crippen molar-refractivity contribution in [2.24, 2.45) is 0 Å². The standard InChI is InChI=1S/C13H8N3O3/c14-15-12-7-6-10(16(18)19)8-11(12)13(17)9-4-2-1-3-5-9/h1-8H/q+1. The predicted octanol–water partition coefficient (Wildman–Crippen LogP) is 3.31. The SMILES string of the molecule is N#[N+]c1ccc([N+](=O)[O-])cc1C(=O)c1ccccc1. The van der Waals surface area contributed by atoms with E-state index in [0.29, 0.717) is 5.56 Å². The summed E-state index contributed by atoms with van der Waals surface area (Å²) in [5.41, 5.74) is 0.127. The molecule has 0 N–H and O–H groups in total. The molecule has 19 heavy (non-hydrogen) atoms. The van der Waals surface area contributed by atoms with Gasteiger partial charge in [0.1, 0.15) is 5.56 Å². The first kappa shape index (κ1) is 12.4. The second kappa shape index (κ2) is 5.06. The molecule has 0 fully saturated rings. The maximum Gasteiger partial charge on any atom is 0.396 e. The van der Waals surface area contributed by atoms with Crippen LogP contribution in [0.5, 0.6) is 0 Å². The zero-order chi connectivity index (χ0) is 13.8. The lowest BCUT2D eigenvalue weighted by atomic mass is 10.0. The fourth-order valence-electron chi connectivity index (χ4n) is 1.65. The van der Waals surface area contributed by atoms with Gasteiger partial charge in [0, 0.05) is 23.8 Å². The Morgan fingerprint density at radius 2 is 1.84 bits per heavy atom. The van der Waals surface area contributed by atoms with Crippen LogP contribution in [0.3, 0.4) is 0 Å². The van der Waals surface area contributed by atoms with Crippen LogP contribution in [-0.2, 0) is 0 Å². The van der Waals surface area contributed by atoms with Crippen LogP contribution in [0.15, 0.2) is 48.5 Å². The maximum absolute atomic E-state index is 12.2. The highest BCUT2D eigenvalue weighted by molar-refractivity contribution is 6.12. The highest BCUT2D eigenvalue weighted by atomic mass is 16.6. The summed E-state index contributed by atoms with van der Waals surface area (Å²) in [6.45, 7) is 0. The quantitative estimate of drug-likeness (QED) is 0.363. The van der Waals surface area contributed by atoms with E-state index in [0.717, 1.165) is 6.07 Å². The van der Waals surface area contributed by atoms with Crippen molar-refractivity contribution in [2.45, 2.75) is 0 Å². The Labute approximate surface area is 108 Å². The van der Waals surface area contributed by atoms with Crippen molar-refractivity contribution in [3.8, 4) is 0 Å². The Morgan fingerprint density at radius 3 is 2.42 bits per heavy atom. The number of diazo groups is 1. The molecule has 92 valence electrons. The van der Waals surface area contributed by atoms with Crippen LogP contribution in [-0.4, -0.2) is 10.7 Å². The average molecular weight is 254 g/mol. The van der Waals surface area contributed by atoms with Crippen molar-refractivity contribution in [2.75, 3.05) is 0 Å². The molecule has 0 atom stereocenters. The van der Waals surface area contributed by atoms with Crippen molar-refractivity contribution < 1.29 is 9.72 Å². The lowest BCUT2D eigenvalue weighted by Gasteiger charge is -1.98. The predicted molar refractivity (Wildman–Crippen MR) is 67.7 cm³/mol. The summed E-state index contributed by atoms with van der Waals surface area (Å²) in [5, 5.41) is 19.6. The van der Waals surface area contributed by atoms with E-state index in [1.807, 2.05) is 0 Å². The van der Waals surface area contributed by atoms with Crippen LogP contribution in [0.25, 0.3) is 4.98 Å². The molecule has 0 heterocycles. The van der Waals surface area contributed by atoms with Crippen molar-refractivity contribution >= 4 is 17.2 Å². The van der Waals surface area contributed by atoms with E-state index in [1.165, 1.54) is 12.1 Å². The van der Waals surface area contributed by atoms with Gasteiger partial charge in [-0.1, -0.05) is 30.3 Å². The second-order valence-corrected chi connectivity index (χ2v) is 3.75. The van der Waals surface area contributed by atoms with Crippen LogP contribution >= 0.6 is 0 Å². The second-order valence-electron chi connectivity index (χ2n) is 3.75. The van der Waals surface area contributed by atoms with Gasteiger partial charge in [-0.15, -0.1) is 0 Å². The van der Waals surface area contributed by atoms with E-state index >= 15 is 0 Å². The molecule has 2 rings (SSSR count). The number of nitrogens with zero attached hydrogens (tertiary/aromatic N) is 3. The van der Waals surface area contributed by atoms with E-state index < -0.39 is 10.7 Å². The number of nitro benzene ring substituents is 1. The van der Waals surface area contributed by atoms with Gasteiger partial charge >= 0.3 is 5.69 Å². The third kappa shape index (κ3) is 2.45. The molecule has 0 aliphatic carbocycles. The topological polar surface area (TPSA) is 88.4 Å². The number of rotatable bonds is 3. The Bertz CT molecular complexity index is 690. The largest absolute Gasteiger partial charge is 0.396 e. The van der Waals surface area contributed by atoms with Gasteiger partial charge in [0.25, 0.3) is 5.69 Å². The zero-order valence-corrected chi connectivity index (χ0v) is 9.69. The highest BCUT2D eigenvalue weighted by Crippen LogP contribution is 2.26. The summed E-state index contributed by atoms with van der Waals surface area (Å²) in [6, 6.07) is 11.8. The van der Waals surface area contributed by atoms with Gasteiger partial charge in [-0.2, -0.15) is 0 Å². The first-order chi connectivity index (χ1) is 9.13. The summed E-state index contributed by atoms with van der Waals surface area (Å²) in [4.78, 5) is 25.3. The maximum atomic E-state index is 12.2. The first-order valence-electron chi connectivity index (χ1n) is 5.37. The van der Waals surface area contributed by atoms with Crippen LogP contribution in [0, 0.1) is 15.5 Å². The molecular formula is C13H8N3O3+. The average Bonchev–Trinajstić information content (AvgIpc) is 2.46. The van der Waals surface area contributed by atoms with Gasteiger partial charge in [-0.3, -0.25) is 14.9 Å². The fourth-order valence-corrected chi connectivity index (χ4v) is 1.65. The molecular weight excluding hydrogens is 246 g/mol. The van der Waals surface area contributed by atoms with Gasteiger partial charge in [0.15, 0.2) is 4.98 Å². The molecule has 0 aliphatic rings. The normalized spacial score (nSPS) is 9.63. The van der Waals surface area contributed by atoms with Crippen molar-refractivity contribution in [1.29, 1.82) is 5.39 Å². The van der Waals surface area contributed by atoms with Crippen LogP contribution in [0.1, 0.15) is 15.9 Å². The number of hydrogen-bond donors (Lipinski definition) is 0. The molecule has 6 nitrogen and oxygen atoms in total. The van der Waals surface area contributed by atoms with E-state index in [9.17, 15) is 14.9 Å². The van der Waals surface area contributed by atoms with Gasteiger partial charge < -0.3 is 0 Å². The summed E-state index contributed by atoms with van der Waals surface area (Å²) in [7, 11) is 0. The van der Waals surface area contributed by atoms with Gasteiger partial charge in [0.05, 0.1) is 4.92 Å². The number of benzene rings is 2. The molecule has 0 spiro atoms. The Balaban J connectivity index is 2.55. The molecule has 0 aromatic heterocycles. The van der Waals surface area contributed by atoms with Crippen LogP contribution in [0.4, 0.5) is 11.4 Å².